The molecule has 0 radical (unpaired) electrons. The average Bonchev–Trinajstić information content (AvgIpc) is 2.68. The predicted molar refractivity (Wildman–Crippen MR) is 107 cm³/mol. The Morgan fingerprint density at radius 3 is 2.54 bits per heavy atom. The third kappa shape index (κ3) is 3.52. The second-order valence-electron chi connectivity index (χ2n) is 7.52. The summed E-state index contributed by atoms with van der Waals surface area (Å²) in [5.41, 5.74) is 4.24. The van der Waals surface area contributed by atoms with Gasteiger partial charge in [-0.05, 0) is 73.2 Å². The van der Waals surface area contributed by atoms with Crippen LogP contribution in [0.1, 0.15) is 42.5 Å². The molecule has 26 heavy (non-hydrogen) atoms. The topological polar surface area (TPSA) is 12.0 Å². The summed E-state index contributed by atoms with van der Waals surface area (Å²) >= 11 is 0. The number of nitrogens with one attached hydrogen (secondary N) is 1. The van der Waals surface area contributed by atoms with Crippen LogP contribution in [0, 0.1) is 11.7 Å². The molecule has 1 N–H and O–H groups in total. The number of aryl methyl sites for hydroxylation is 1. The van der Waals surface area contributed by atoms with Crippen molar-refractivity contribution < 1.29 is 4.39 Å². The Labute approximate surface area is 155 Å². The molecule has 2 heteroatoms. The summed E-state index contributed by atoms with van der Waals surface area (Å²) in [6.07, 6.45) is 4.88. The molecule has 4 rings (SSSR count). The van der Waals surface area contributed by atoms with Gasteiger partial charge in [-0.3, -0.25) is 0 Å². The van der Waals surface area contributed by atoms with E-state index < -0.39 is 0 Å². The van der Waals surface area contributed by atoms with E-state index in [1.807, 2.05) is 30.3 Å². The maximum absolute atomic E-state index is 14.0. The van der Waals surface area contributed by atoms with E-state index in [1.54, 1.807) is 6.07 Å². The Morgan fingerprint density at radius 2 is 1.69 bits per heavy atom. The summed E-state index contributed by atoms with van der Waals surface area (Å²) in [5.74, 6) is 0.618. The SMILES string of the molecule is C[C@@H](NCC[C@H]1CCc2ccccc2C1)c1ccc(F)c2ccccc12. The molecule has 0 aliphatic heterocycles. The summed E-state index contributed by atoms with van der Waals surface area (Å²) in [6, 6.07) is 20.3. The number of hydrogen-bond donors (Lipinski definition) is 1. The molecule has 0 heterocycles. The van der Waals surface area contributed by atoms with Gasteiger partial charge < -0.3 is 5.32 Å². The van der Waals surface area contributed by atoms with E-state index in [0.29, 0.717) is 5.39 Å². The largest absolute Gasteiger partial charge is 0.310 e. The van der Waals surface area contributed by atoms with Crippen molar-refractivity contribution in [1.82, 2.24) is 5.32 Å². The van der Waals surface area contributed by atoms with Crippen LogP contribution in [0.4, 0.5) is 4.39 Å². The lowest BCUT2D eigenvalue weighted by Gasteiger charge is -2.25. The van der Waals surface area contributed by atoms with E-state index in [9.17, 15) is 4.39 Å². The highest BCUT2D eigenvalue weighted by molar-refractivity contribution is 5.86. The van der Waals surface area contributed by atoms with E-state index in [0.717, 1.165) is 17.8 Å². The molecule has 0 amide bonds. The lowest BCUT2D eigenvalue weighted by atomic mass is 9.82. The molecule has 2 atom stereocenters. The Bertz CT molecular complexity index is 902. The highest BCUT2D eigenvalue weighted by atomic mass is 19.1. The van der Waals surface area contributed by atoms with Crippen LogP contribution in [0.5, 0.6) is 0 Å². The number of hydrogen-bond acceptors (Lipinski definition) is 1. The third-order valence-electron chi connectivity index (χ3n) is 5.82. The highest BCUT2D eigenvalue weighted by Crippen LogP contribution is 2.29. The van der Waals surface area contributed by atoms with Gasteiger partial charge in [-0.15, -0.1) is 0 Å². The van der Waals surface area contributed by atoms with Crippen molar-refractivity contribution in [2.45, 2.75) is 38.6 Å². The molecule has 3 aromatic carbocycles. The van der Waals surface area contributed by atoms with Gasteiger partial charge >= 0.3 is 0 Å². The molecular formula is C24H26FN. The summed E-state index contributed by atoms with van der Waals surface area (Å²) in [7, 11) is 0. The summed E-state index contributed by atoms with van der Waals surface area (Å²) < 4.78 is 14.0. The molecular weight excluding hydrogens is 321 g/mol. The third-order valence-corrected chi connectivity index (χ3v) is 5.82. The Hall–Kier alpha value is -2.19. The van der Waals surface area contributed by atoms with E-state index in [4.69, 9.17) is 0 Å². The van der Waals surface area contributed by atoms with Gasteiger partial charge in [-0.2, -0.15) is 0 Å². The quantitative estimate of drug-likeness (QED) is 0.613. The van der Waals surface area contributed by atoms with Gasteiger partial charge in [-0.25, -0.2) is 4.39 Å². The smallest absolute Gasteiger partial charge is 0.131 e. The molecule has 1 aliphatic carbocycles. The van der Waals surface area contributed by atoms with Crippen LogP contribution in [-0.4, -0.2) is 6.54 Å². The number of rotatable bonds is 5. The van der Waals surface area contributed by atoms with Crippen LogP contribution in [-0.2, 0) is 12.8 Å². The molecule has 1 aliphatic rings. The van der Waals surface area contributed by atoms with Crippen molar-refractivity contribution in [3.8, 4) is 0 Å². The number of benzene rings is 3. The number of fused-ring (bicyclic) bond motifs is 2. The molecule has 0 spiro atoms. The minimum Gasteiger partial charge on any atom is -0.310 e. The lowest BCUT2D eigenvalue weighted by molar-refractivity contribution is 0.403. The van der Waals surface area contributed by atoms with Crippen LogP contribution in [0.3, 0.4) is 0 Å². The Morgan fingerprint density at radius 1 is 0.962 bits per heavy atom. The first-order valence-electron chi connectivity index (χ1n) is 9.69. The van der Waals surface area contributed by atoms with Crippen LogP contribution in [0.2, 0.25) is 0 Å². The second-order valence-corrected chi connectivity index (χ2v) is 7.52. The minimum atomic E-state index is -0.141. The van der Waals surface area contributed by atoms with Crippen molar-refractivity contribution in [3.63, 3.8) is 0 Å². The summed E-state index contributed by atoms with van der Waals surface area (Å²) in [4.78, 5) is 0. The molecule has 0 fully saturated rings. The zero-order chi connectivity index (χ0) is 17.9. The fraction of sp³-hybridized carbons (Fsp3) is 0.333. The first-order chi connectivity index (χ1) is 12.7. The van der Waals surface area contributed by atoms with E-state index in [-0.39, 0.29) is 11.9 Å². The van der Waals surface area contributed by atoms with Crippen LogP contribution < -0.4 is 5.32 Å². The van der Waals surface area contributed by atoms with Gasteiger partial charge in [0.15, 0.2) is 0 Å². The molecule has 1 nitrogen and oxygen atoms in total. The standard InChI is InChI=1S/C24H26FN/c1-17(21-12-13-24(25)23-9-5-4-8-22(21)23)26-15-14-18-10-11-19-6-2-3-7-20(19)16-18/h2-9,12-13,17-18,26H,10-11,14-16H2,1H3/t17-,18-/m1/s1. The summed E-state index contributed by atoms with van der Waals surface area (Å²) in [6.45, 7) is 3.18. The van der Waals surface area contributed by atoms with Crippen molar-refractivity contribution >= 4 is 10.8 Å². The monoisotopic (exact) mass is 347 g/mol. The molecule has 0 saturated carbocycles. The van der Waals surface area contributed by atoms with Gasteiger partial charge in [0.05, 0.1) is 0 Å². The Balaban J connectivity index is 1.38. The van der Waals surface area contributed by atoms with E-state index in [1.165, 1.54) is 42.4 Å². The van der Waals surface area contributed by atoms with Crippen molar-refractivity contribution in [2.24, 2.45) is 5.92 Å². The lowest BCUT2D eigenvalue weighted by Crippen LogP contribution is -2.24. The molecule has 0 bridgehead atoms. The van der Waals surface area contributed by atoms with Crippen LogP contribution >= 0.6 is 0 Å². The molecule has 0 aromatic heterocycles. The number of halogens is 1. The first kappa shape index (κ1) is 17.2. The van der Waals surface area contributed by atoms with Gasteiger partial charge in [0, 0.05) is 11.4 Å². The maximum Gasteiger partial charge on any atom is 0.131 e. The zero-order valence-corrected chi connectivity index (χ0v) is 15.3. The molecule has 134 valence electrons. The first-order valence-corrected chi connectivity index (χ1v) is 9.69. The van der Waals surface area contributed by atoms with Crippen LogP contribution in [0.25, 0.3) is 10.8 Å². The van der Waals surface area contributed by atoms with E-state index >= 15 is 0 Å². The molecule has 3 aromatic rings. The van der Waals surface area contributed by atoms with Gasteiger partial charge in [0.2, 0.25) is 0 Å². The van der Waals surface area contributed by atoms with Crippen molar-refractivity contribution in [2.75, 3.05) is 6.54 Å². The fourth-order valence-corrected chi connectivity index (χ4v) is 4.30. The van der Waals surface area contributed by atoms with Crippen molar-refractivity contribution in [1.29, 1.82) is 0 Å². The van der Waals surface area contributed by atoms with Gasteiger partial charge in [0.25, 0.3) is 0 Å². The Kier molecular flexibility index (Phi) is 5.03. The van der Waals surface area contributed by atoms with Gasteiger partial charge in [-0.1, -0.05) is 54.6 Å². The fourth-order valence-electron chi connectivity index (χ4n) is 4.30. The van der Waals surface area contributed by atoms with Gasteiger partial charge in [0.1, 0.15) is 5.82 Å². The van der Waals surface area contributed by atoms with Crippen molar-refractivity contribution in [3.05, 3.63) is 83.2 Å². The average molecular weight is 347 g/mol. The second kappa shape index (κ2) is 7.59. The maximum atomic E-state index is 14.0. The van der Waals surface area contributed by atoms with Crippen LogP contribution in [0.15, 0.2) is 60.7 Å². The highest BCUT2D eigenvalue weighted by Gasteiger charge is 2.18. The zero-order valence-electron chi connectivity index (χ0n) is 15.3. The van der Waals surface area contributed by atoms with E-state index in [2.05, 4.69) is 36.5 Å². The normalized spacial score (nSPS) is 17.8. The molecule has 0 saturated heterocycles. The minimum absolute atomic E-state index is 0.141. The summed E-state index contributed by atoms with van der Waals surface area (Å²) in [5, 5.41) is 5.38. The molecule has 0 unspecified atom stereocenters. The predicted octanol–water partition coefficient (Wildman–Crippen LogP) is 5.82.